The molecule has 2 heterocycles. The van der Waals surface area contributed by atoms with Gasteiger partial charge in [-0.3, -0.25) is 9.59 Å². The Morgan fingerprint density at radius 1 is 1.32 bits per heavy atom. The van der Waals surface area contributed by atoms with Crippen LogP contribution in [0.3, 0.4) is 0 Å². The van der Waals surface area contributed by atoms with Gasteiger partial charge in [0.1, 0.15) is 5.01 Å². The standard InChI is InChI=1S/C15H19N3O2S2/c1-3-16-13(19)9-18(4-2)14(20)8-11-10-22-15(17-11)12-6-5-7-21-12/h5-7,10H,3-4,8-9H2,1-2H3,(H,16,19). The second kappa shape index (κ2) is 8.05. The van der Waals surface area contributed by atoms with Crippen molar-refractivity contribution in [2.75, 3.05) is 19.6 Å². The number of aromatic nitrogens is 1. The molecule has 5 nitrogen and oxygen atoms in total. The fraction of sp³-hybridized carbons (Fsp3) is 0.400. The van der Waals surface area contributed by atoms with Crippen LogP contribution < -0.4 is 5.32 Å². The van der Waals surface area contributed by atoms with Crippen molar-refractivity contribution in [3.63, 3.8) is 0 Å². The SMILES string of the molecule is CCNC(=O)CN(CC)C(=O)Cc1csc(-c2cccs2)n1. The Morgan fingerprint density at radius 3 is 2.77 bits per heavy atom. The Bertz CT molecular complexity index is 623. The van der Waals surface area contributed by atoms with Crippen LogP contribution in [-0.4, -0.2) is 41.3 Å². The maximum atomic E-state index is 12.3. The molecule has 0 aliphatic heterocycles. The summed E-state index contributed by atoms with van der Waals surface area (Å²) in [6.45, 7) is 4.91. The zero-order valence-corrected chi connectivity index (χ0v) is 14.3. The number of rotatable bonds is 7. The lowest BCUT2D eigenvalue weighted by Crippen LogP contribution is -2.41. The lowest BCUT2D eigenvalue weighted by atomic mass is 10.3. The zero-order valence-electron chi connectivity index (χ0n) is 12.7. The molecular weight excluding hydrogens is 318 g/mol. The third-order valence-electron chi connectivity index (χ3n) is 3.06. The van der Waals surface area contributed by atoms with Gasteiger partial charge in [-0.05, 0) is 25.3 Å². The quantitative estimate of drug-likeness (QED) is 0.844. The number of carbonyl (C=O) groups is 2. The molecule has 0 atom stereocenters. The van der Waals surface area contributed by atoms with Gasteiger partial charge in [0, 0.05) is 18.5 Å². The van der Waals surface area contributed by atoms with Gasteiger partial charge in [0.25, 0.3) is 0 Å². The molecule has 0 aromatic carbocycles. The van der Waals surface area contributed by atoms with Crippen molar-refractivity contribution in [3.05, 3.63) is 28.6 Å². The molecular formula is C15H19N3O2S2. The number of nitrogens with zero attached hydrogens (tertiary/aromatic N) is 2. The third kappa shape index (κ3) is 4.38. The van der Waals surface area contributed by atoms with Gasteiger partial charge in [-0.25, -0.2) is 4.98 Å². The molecule has 0 aliphatic rings. The Balaban J connectivity index is 1.97. The maximum Gasteiger partial charge on any atom is 0.239 e. The first-order valence-electron chi connectivity index (χ1n) is 7.16. The van der Waals surface area contributed by atoms with Crippen LogP contribution in [0.5, 0.6) is 0 Å². The first kappa shape index (κ1) is 16.6. The van der Waals surface area contributed by atoms with Crippen molar-refractivity contribution < 1.29 is 9.59 Å². The van der Waals surface area contributed by atoms with Gasteiger partial charge in [0.2, 0.25) is 11.8 Å². The second-order valence-electron chi connectivity index (χ2n) is 4.66. The minimum absolute atomic E-state index is 0.0724. The molecule has 0 fully saturated rings. The highest BCUT2D eigenvalue weighted by Gasteiger charge is 2.17. The Labute approximate surface area is 138 Å². The van der Waals surface area contributed by atoms with E-state index in [9.17, 15) is 9.59 Å². The van der Waals surface area contributed by atoms with Crippen LogP contribution in [0.25, 0.3) is 9.88 Å². The number of carbonyl (C=O) groups excluding carboxylic acids is 2. The maximum absolute atomic E-state index is 12.3. The molecule has 0 bridgehead atoms. The Hall–Kier alpha value is -1.73. The summed E-state index contributed by atoms with van der Waals surface area (Å²) in [4.78, 5) is 31.1. The molecule has 7 heteroatoms. The van der Waals surface area contributed by atoms with Crippen LogP contribution >= 0.6 is 22.7 Å². The van der Waals surface area contributed by atoms with E-state index in [0.29, 0.717) is 13.1 Å². The zero-order chi connectivity index (χ0) is 15.9. The van der Waals surface area contributed by atoms with E-state index in [1.165, 1.54) is 11.3 Å². The van der Waals surface area contributed by atoms with Gasteiger partial charge in [0.05, 0.1) is 23.5 Å². The summed E-state index contributed by atoms with van der Waals surface area (Å²) in [5.41, 5.74) is 0.757. The highest BCUT2D eigenvalue weighted by Crippen LogP contribution is 2.27. The largest absolute Gasteiger partial charge is 0.355 e. The molecule has 0 saturated heterocycles. The van der Waals surface area contributed by atoms with Crippen LogP contribution in [0.4, 0.5) is 0 Å². The molecule has 2 aromatic heterocycles. The first-order chi connectivity index (χ1) is 10.6. The lowest BCUT2D eigenvalue weighted by Gasteiger charge is -2.19. The average molecular weight is 337 g/mol. The summed E-state index contributed by atoms with van der Waals surface area (Å²) in [5, 5.41) is 7.56. The minimum Gasteiger partial charge on any atom is -0.355 e. The minimum atomic E-state index is -0.129. The van der Waals surface area contributed by atoms with E-state index in [0.717, 1.165) is 15.6 Å². The molecule has 0 saturated carbocycles. The molecule has 2 aromatic rings. The molecule has 0 aliphatic carbocycles. The highest BCUT2D eigenvalue weighted by molar-refractivity contribution is 7.20. The predicted octanol–water partition coefficient (Wildman–Crippen LogP) is 2.40. The number of likely N-dealkylation sites (N-methyl/N-ethyl adjacent to an activating group) is 2. The smallest absolute Gasteiger partial charge is 0.239 e. The monoisotopic (exact) mass is 337 g/mol. The second-order valence-corrected chi connectivity index (χ2v) is 6.47. The Morgan fingerprint density at radius 2 is 2.14 bits per heavy atom. The van der Waals surface area contributed by atoms with Gasteiger partial charge in [-0.1, -0.05) is 6.07 Å². The summed E-state index contributed by atoms with van der Waals surface area (Å²) in [7, 11) is 0. The van der Waals surface area contributed by atoms with Gasteiger partial charge in [-0.15, -0.1) is 22.7 Å². The van der Waals surface area contributed by atoms with E-state index in [1.54, 1.807) is 16.2 Å². The number of hydrogen-bond acceptors (Lipinski definition) is 5. The van der Waals surface area contributed by atoms with Crippen molar-refractivity contribution in [1.82, 2.24) is 15.2 Å². The van der Waals surface area contributed by atoms with Gasteiger partial charge in [-0.2, -0.15) is 0 Å². The topological polar surface area (TPSA) is 62.3 Å². The molecule has 0 radical (unpaired) electrons. The van der Waals surface area contributed by atoms with Crippen molar-refractivity contribution in [2.45, 2.75) is 20.3 Å². The molecule has 118 valence electrons. The summed E-state index contributed by atoms with van der Waals surface area (Å²) < 4.78 is 0. The number of thiophene rings is 1. The number of nitrogens with one attached hydrogen (secondary N) is 1. The van der Waals surface area contributed by atoms with Crippen LogP contribution in [0.1, 0.15) is 19.5 Å². The Kier molecular flexibility index (Phi) is 6.09. The van der Waals surface area contributed by atoms with Crippen molar-refractivity contribution >= 4 is 34.5 Å². The fourth-order valence-electron chi connectivity index (χ4n) is 1.97. The van der Waals surface area contributed by atoms with Crippen molar-refractivity contribution in [1.29, 1.82) is 0 Å². The molecule has 2 rings (SSSR count). The van der Waals surface area contributed by atoms with E-state index in [1.807, 2.05) is 36.7 Å². The van der Waals surface area contributed by atoms with Gasteiger partial charge >= 0.3 is 0 Å². The van der Waals surface area contributed by atoms with E-state index in [2.05, 4.69) is 10.3 Å². The van der Waals surface area contributed by atoms with E-state index in [-0.39, 0.29) is 24.8 Å². The van der Waals surface area contributed by atoms with Gasteiger partial charge in [0.15, 0.2) is 0 Å². The third-order valence-corrected chi connectivity index (χ3v) is 4.99. The van der Waals surface area contributed by atoms with E-state index >= 15 is 0 Å². The molecule has 22 heavy (non-hydrogen) atoms. The number of thiazole rings is 1. The summed E-state index contributed by atoms with van der Waals surface area (Å²) in [6.07, 6.45) is 0.231. The number of amides is 2. The normalized spacial score (nSPS) is 10.5. The summed E-state index contributed by atoms with van der Waals surface area (Å²) in [6, 6.07) is 4.00. The van der Waals surface area contributed by atoms with Crippen molar-refractivity contribution in [2.24, 2.45) is 0 Å². The average Bonchev–Trinajstić information content (AvgIpc) is 3.15. The summed E-state index contributed by atoms with van der Waals surface area (Å²) >= 11 is 3.17. The first-order valence-corrected chi connectivity index (χ1v) is 8.92. The van der Waals surface area contributed by atoms with Crippen LogP contribution in [0, 0.1) is 0 Å². The van der Waals surface area contributed by atoms with Crippen LogP contribution in [-0.2, 0) is 16.0 Å². The summed E-state index contributed by atoms with van der Waals surface area (Å²) in [5.74, 6) is -0.202. The fourth-order valence-corrected chi connectivity index (χ4v) is 3.60. The molecule has 0 spiro atoms. The van der Waals surface area contributed by atoms with Crippen LogP contribution in [0.15, 0.2) is 22.9 Å². The lowest BCUT2D eigenvalue weighted by molar-refractivity contribution is -0.135. The predicted molar refractivity (Wildman–Crippen MR) is 90.1 cm³/mol. The van der Waals surface area contributed by atoms with Gasteiger partial charge < -0.3 is 10.2 Å². The molecule has 2 amide bonds. The van der Waals surface area contributed by atoms with E-state index in [4.69, 9.17) is 0 Å². The van der Waals surface area contributed by atoms with Crippen molar-refractivity contribution in [3.8, 4) is 9.88 Å². The molecule has 1 N–H and O–H groups in total. The van der Waals surface area contributed by atoms with Crippen LogP contribution in [0.2, 0.25) is 0 Å². The number of hydrogen-bond donors (Lipinski definition) is 1. The molecule has 0 unspecified atom stereocenters. The van der Waals surface area contributed by atoms with E-state index < -0.39 is 0 Å². The highest BCUT2D eigenvalue weighted by atomic mass is 32.1.